The highest BCUT2D eigenvalue weighted by molar-refractivity contribution is 7.89. The maximum atomic E-state index is 12.3. The van der Waals surface area contributed by atoms with E-state index in [4.69, 9.17) is 9.84 Å². The van der Waals surface area contributed by atoms with Crippen molar-refractivity contribution < 1.29 is 23.1 Å². The van der Waals surface area contributed by atoms with E-state index in [-0.39, 0.29) is 11.7 Å². The summed E-state index contributed by atoms with van der Waals surface area (Å²) in [6.45, 7) is 1.39. The van der Waals surface area contributed by atoms with Crippen LogP contribution in [0.3, 0.4) is 0 Å². The molecule has 0 amide bonds. The molecule has 1 N–H and O–H groups in total. The van der Waals surface area contributed by atoms with Gasteiger partial charge in [0.2, 0.25) is 10.0 Å². The molecular weight excluding hydrogens is 258 g/mol. The van der Waals surface area contributed by atoms with Crippen LogP contribution in [0.5, 0.6) is 0 Å². The lowest BCUT2D eigenvalue weighted by Gasteiger charge is -2.32. The molecule has 2 saturated heterocycles. The number of rotatable bonds is 4. The van der Waals surface area contributed by atoms with Crippen LogP contribution in [0.25, 0.3) is 0 Å². The fourth-order valence-electron chi connectivity index (χ4n) is 2.59. The van der Waals surface area contributed by atoms with Gasteiger partial charge in [-0.2, -0.15) is 4.31 Å². The molecule has 2 atom stereocenters. The molecule has 2 unspecified atom stereocenters. The van der Waals surface area contributed by atoms with Crippen molar-refractivity contribution in [2.24, 2.45) is 5.92 Å². The van der Waals surface area contributed by atoms with E-state index in [0.717, 1.165) is 19.3 Å². The number of carbonyl (C=O) groups is 1. The second-order valence-corrected chi connectivity index (χ2v) is 6.93. The van der Waals surface area contributed by atoms with Gasteiger partial charge in [-0.05, 0) is 31.6 Å². The van der Waals surface area contributed by atoms with Gasteiger partial charge in [-0.25, -0.2) is 8.42 Å². The highest BCUT2D eigenvalue weighted by Crippen LogP contribution is 2.24. The molecule has 18 heavy (non-hydrogen) atoms. The Balaban J connectivity index is 2.08. The second kappa shape index (κ2) is 5.54. The third-order valence-electron chi connectivity index (χ3n) is 3.57. The first-order valence-electron chi connectivity index (χ1n) is 6.31. The Labute approximate surface area is 107 Å². The number of carboxylic acid groups (broad SMARTS) is 1. The minimum absolute atomic E-state index is 0.00590. The van der Waals surface area contributed by atoms with E-state index < -0.39 is 22.0 Å². The third-order valence-corrected chi connectivity index (χ3v) is 5.61. The van der Waals surface area contributed by atoms with Gasteiger partial charge in [-0.3, -0.25) is 4.79 Å². The van der Waals surface area contributed by atoms with Crippen LogP contribution in [-0.4, -0.2) is 55.4 Å². The minimum Gasteiger partial charge on any atom is -0.480 e. The molecular formula is C11H19NO5S. The maximum Gasteiger partial charge on any atom is 0.322 e. The molecule has 2 fully saturated rings. The molecule has 0 bridgehead atoms. The van der Waals surface area contributed by atoms with Crippen molar-refractivity contribution in [2.75, 3.05) is 25.5 Å². The van der Waals surface area contributed by atoms with Gasteiger partial charge in [-0.15, -0.1) is 0 Å². The minimum atomic E-state index is -3.49. The zero-order chi connectivity index (χ0) is 13.2. The smallest absolute Gasteiger partial charge is 0.322 e. The number of aliphatic carboxylic acids is 1. The van der Waals surface area contributed by atoms with Crippen LogP contribution in [-0.2, 0) is 19.6 Å². The lowest BCUT2D eigenvalue weighted by molar-refractivity contribution is -0.142. The maximum absolute atomic E-state index is 12.3. The number of sulfonamides is 1. The largest absolute Gasteiger partial charge is 0.480 e. The number of ether oxygens (including phenoxy) is 1. The highest BCUT2D eigenvalue weighted by atomic mass is 32.2. The van der Waals surface area contributed by atoms with Crippen LogP contribution >= 0.6 is 0 Å². The number of hydrogen-bond donors (Lipinski definition) is 1. The summed E-state index contributed by atoms with van der Waals surface area (Å²) in [4.78, 5) is 11.1. The van der Waals surface area contributed by atoms with E-state index in [1.807, 2.05) is 0 Å². The monoisotopic (exact) mass is 277 g/mol. The van der Waals surface area contributed by atoms with Crippen LogP contribution in [0.4, 0.5) is 0 Å². The van der Waals surface area contributed by atoms with E-state index in [2.05, 4.69) is 0 Å². The Hall–Kier alpha value is -0.660. The predicted octanol–water partition coefficient (Wildman–Crippen LogP) is 0.292. The molecule has 2 aliphatic heterocycles. The third kappa shape index (κ3) is 3.02. The Morgan fingerprint density at radius 1 is 1.33 bits per heavy atom. The number of carboxylic acids is 1. The molecule has 7 heteroatoms. The summed E-state index contributed by atoms with van der Waals surface area (Å²) in [5, 5.41) is 9.10. The van der Waals surface area contributed by atoms with Crippen molar-refractivity contribution in [1.82, 2.24) is 4.31 Å². The van der Waals surface area contributed by atoms with E-state index in [9.17, 15) is 13.2 Å². The summed E-state index contributed by atoms with van der Waals surface area (Å²) in [6.07, 6.45) is 2.67. The topological polar surface area (TPSA) is 83.9 Å². The van der Waals surface area contributed by atoms with Crippen molar-refractivity contribution in [3.05, 3.63) is 0 Å². The fourth-order valence-corrected chi connectivity index (χ4v) is 4.63. The van der Waals surface area contributed by atoms with Gasteiger partial charge in [0.05, 0.1) is 12.4 Å². The molecule has 0 aromatic rings. The molecule has 2 aliphatic rings. The van der Waals surface area contributed by atoms with E-state index in [1.165, 1.54) is 4.31 Å². The van der Waals surface area contributed by atoms with E-state index in [0.29, 0.717) is 26.2 Å². The van der Waals surface area contributed by atoms with Crippen LogP contribution in [0, 0.1) is 5.92 Å². The van der Waals surface area contributed by atoms with Crippen molar-refractivity contribution in [3.63, 3.8) is 0 Å². The van der Waals surface area contributed by atoms with E-state index in [1.54, 1.807) is 0 Å². The predicted molar refractivity (Wildman–Crippen MR) is 64.7 cm³/mol. The summed E-state index contributed by atoms with van der Waals surface area (Å²) in [5.74, 6) is -1.02. The lowest BCUT2D eigenvalue weighted by atomic mass is 10.1. The van der Waals surface area contributed by atoms with Crippen LogP contribution in [0.15, 0.2) is 0 Å². The molecule has 0 radical (unpaired) electrons. The lowest BCUT2D eigenvalue weighted by Crippen LogP contribution is -2.49. The molecule has 104 valence electrons. The van der Waals surface area contributed by atoms with Gasteiger partial charge in [0.1, 0.15) is 6.04 Å². The van der Waals surface area contributed by atoms with Gasteiger partial charge in [0.25, 0.3) is 0 Å². The standard InChI is InChI=1S/C11H19NO5S/c13-11(14)10-3-1-2-5-12(10)18(15,16)8-9-4-6-17-7-9/h9-10H,1-8H2,(H,13,14). The second-order valence-electron chi connectivity index (χ2n) is 4.97. The molecule has 0 aliphatic carbocycles. The van der Waals surface area contributed by atoms with Crippen molar-refractivity contribution in [1.29, 1.82) is 0 Å². The molecule has 0 spiro atoms. The van der Waals surface area contributed by atoms with Gasteiger partial charge < -0.3 is 9.84 Å². The summed E-state index contributed by atoms with van der Waals surface area (Å²) in [6, 6.07) is -0.883. The highest BCUT2D eigenvalue weighted by Gasteiger charge is 2.38. The normalized spacial score (nSPS) is 30.4. The summed E-state index contributed by atoms with van der Waals surface area (Å²) < 4.78 is 30.9. The van der Waals surface area contributed by atoms with Gasteiger partial charge in [0.15, 0.2) is 0 Å². The number of nitrogens with zero attached hydrogens (tertiary/aromatic N) is 1. The zero-order valence-corrected chi connectivity index (χ0v) is 11.1. The van der Waals surface area contributed by atoms with Crippen LogP contribution < -0.4 is 0 Å². The summed E-state index contributed by atoms with van der Waals surface area (Å²) in [5.41, 5.74) is 0. The van der Waals surface area contributed by atoms with Crippen molar-refractivity contribution in [3.8, 4) is 0 Å². The zero-order valence-electron chi connectivity index (χ0n) is 10.2. The number of piperidine rings is 1. The molecule has 0 aromatic carbocycles. The van der Waals surface area contributed by atoms with E-state index >= 15 is 0 Å². The molecule has 0 aromatic heterocycles. The average molecular weight is 277 g/mol. The molecule has 0 saturated carbocycles. The molecule has 2 rings (SSSR count). The Bertz CT molecular complexity index is 402. The van der Waals surface area contributed by atoms with Crippen molar-refractivity contribution >= 4 is 16.0 Å². The quantitative estimate of drug-likeness (QED) is 0.798. The van der Waals surface area contributed by atoms with Crippen LogP contribution in [0.1, 0.15) is 25.7 Å². The van der Waals surface area contributed by atoms with Gasteiger partial charge in [-0.1, -0.05) is 0 Å². The van der Waals surface area contributed by atoms with Crippen molar-refractivity contribution in [2.45, 2.75) is 31.7 Å². The molecule has 6 nitrogen and oxygen atoms in total. The Morgan fingerprint density at radius 2 is 2.11 bits per heavy atom. The van der Waals surface area contributed by atoms with Gasteiger partial charge >= 0.3 is 5.97 Å². The fraction of sp³-hybridized carbons (Fsp3) is 0.909. The Kier molecular flexibility index (Phi) is 4.24. The summed E-state index contributed by atoms with van der Waals surface area (Å²) in [7, 11) is -3.49. The Morgan fingerprint density at radius 3 is 2.72 bits per heavy atom. The molecule has 2 heterocycles. The first kappa shape index (κ1) is 13.8. The first-order chi connectivity index (χ1) is 8.50. The van der Waals surface area contributed by atoms with Crippen LogP contribution in [0.2, 0.25) is 0 Å². The average Bonchev–Trinajstić information content (AvgIpc) is 2.81. The SMILES string of the molecule is O=C(O)C1CCCCN1S(=O)(=O)CC1CCOC1. The first-order valence-corrected chi connectivity index (χ1v) is 7.91. The summed E-state index contributed by atoms with van der Waals surface area (Å²) >= 11 is 0. The number of hydrogen-bond acceptors (Lipinski definition) is 4. The van der Waals surface area contributed by atoms with Gasteiger partial charge in [0, 0.05) is 13.2 Å².